The third-order valence-corrected chi connectivity index (χ3v) is 9.75. The quantitative estimate of drug-likeness (QED) is 0.567. The van der Waals surface area contributed by atoms with E-state index < -0.39 is 15.2 Å². The van der Waals surface area contributed by atoms with E-state index in [0.717, 1.165) is 51.4 Å². The minimum atomic E-state index is -3.49. The summed E-state index contributed by atoms with van der Waals surface area (Å²) in [7, 11) is -4.30. The van der Waals surface area contributed by atoms with Gasteiger partial charge in [0.15, 0.2) is 5.90 Å². The van der Waals surface area contributed by atoms with Crippen LogP contribution in [0.1, 0.15) is 64.2 Å². The molecule has 4 N–H and O–H groups in total. The predicted octanol–water partition coefficient (Wildman–Crippen LogP) is 3.67. The minimum absolute atomic E-state index is 0. The first-order valence-electron chi connectivity index (χ1n) is 8.65. The van der Waals surface area contributed by atoms with E-state index >= 15 is 0 Å². The van der Waals surface area contributed by atoms with E-state index in [1.165, 1.54) is 27.1 Å². The monoisotopic (exact) mass is 404 g/mol. The molecule has 2 saturated carbocycles. The van der Waals surface area contributed by atoms with Crippen LogP contribution in [0.3, 0.4) is 0 Å². The Morgan fingerprint density at radius 3 is 1.28 bits per heavy atom. The highest BCUT2D eigenvalue weighted by Crippen LogP contribution is 2.65. The summed E-state index contributed by atoms with van der Waals surface area (Å²) in [4.78, 5) is 0. The van der Waals surface area contributed by atoms with Crippen molar-refractivity contribution < 1.29 is 38.2 Å². The van der Waals surface area contributed by atoms with Crippen LogP contribution in [-0.2, 0) is 27.2 Å². The van der Waals surface area contributed by atoms with Gasteiger partial charge in [0.2, 0.25) is 0 Å². The van der Waals surface area contributed by atoms with Crippen LogP contribution in [-0.4, -0.2) is 43.3 Å². The molecule has 8 nitrogen and oxygen atoms in total. The van der Waals surface area contributed by atoms with E-state index in [1.54, 1.807) is 0 Å². The molecule has 0 spiro atoms. The molecule has 2 aliphatic rings. The standard InChI is InChI=1S/C15H30O6P2.2H2O/c1-18-22(16,20-14-9-5-3-6-10-14)13-23(17,19-2)21-15-11-7-4-8-12-15;;/h14-15H,3-13H2,1-2H3;2*1H2. The largest absolute Gasteiger partial charge is 0.412 e. The summed E-state index contributed by atoms with van der Waals surface area (Å²) in [6, 6.07) is 0. The highest BCUT2D eigenvalue weighted by Gasteiger charge is 2.41. The zero-order valence-corrected chi connectivity index (χ0v) is 17.1. The number of hydrogen-bond acceptors (Lipinski definition) is 6. The predicted molar refractivity (Wildman–Crippen MR) is 97.2 cm³/mol. The van der Waals surface area contributed by atoms with Crippen LogP contribution in [0.4, 0.5) is 0 Å². The van der Waals surface area contributed by atoms with Gasteiger partial charge in [0.1, 0.15) is 0 Å². The topological polar surface area (TPSA) is 134 Å². The lowest BCUT2D eigenvalue weighted by Crippen LogP contribution is -2.19. The molecule has 0 aromatic rings. The number of hydrogen-bond donors (Lipinski definition) is 0. The number of rotatable bonds is 8. The van der Waals surface area contributed by atoms with Gasteiger partial charge in [0, 0.05) is 14.2 Å². The van der Waals surface area contributed by atoms with E-state index in [9.17, 15) is 9.13 Å². The van der Waals surface area contributed by atoms with Crippen LogP contribution in [0, 0.1) is 0 Å². The van der Waals surface area contributed by atoms with Gasteiger partial charge in [-0.05, 0) is 25.7 Å². The lowest BCUT2D eigenvalue weighted by atomic mass is 9.98. The maximum atomic E-state index is 12.9. The van der Waals surface area contributed by atoms with E-state index in [4.69, 9.17) is 18.1 Å². The molecular formula is C15H34O8P2. The second-order valence-electron chi connectivity index (χ2n) is 6.46. The van der Waals surface area contributed by atoms with Crippen molar-refractivity contribution in [3.8, 4) is 0 Å². The summed E-state index contributed by atoms with van der Waals surface area (Å²) in [5.41, 5.74) is 0. The van der Waals surface area contributed by atoms with Crippen molar-refractivity contribution in [1.82, 2.24) is 0 Å². The lowest BCUT2D eigenvalue weighted by Gasteiger charge is -2.30. The van der Waals surface area contributed by atoms with Crippen molar-refractivity contribution in [1.29, 1.82) is 0 Å². The van der Waals surface area contributed by atoms with Gasteiger partial charge in [-0.3, -0.25) is 9.13 Å². The van der Waals surface area contributed by atoms with Gasteiger partial charge in [0.05, 0.1) is 12.2 Å². The van der Waals surface area contributed by atoms with Crippen molar-refractivity contribution in [2.75, 3.05) is 20.1 Å². The van der Waals surface area contributed by atoms with Crippen molar-refractivity contribution in [2.24, 2.45) is 0 Å². The molecule has 0 aromatic heterocycles. The van der Waals surface area contributed by atoms with E-state index in [1.807, 2.05) is 0 Å². The summed E-state index contributed by atoms with van der Waals surface area (Å²) in [6.07, 6.45) is 9.92. The molecule has 2 rings (SSSR count). The molecule has 0 radical (unpaired) electrons. The maximum Gasteiger partial charge on any atom is 0.342 e. The van der Waals surface area contributed by atoms with Crippen LogP contribution in [0.2, 0.25) is 0 Å². The summed E-state index contributed by atoms with van der Waals surface area (Å²) < 4.78 is 47.5. The Morgan fingerprint density at radius 2 is 1.00 bits per heavy atom. The van der Waals surface area contributed by atoms with Gasteiger partial charge in [-0.1, -0.05) is 38.5 Å². The smallest absolute Gasteiger partial charge is 0.342 e. The lowest BCUT2D eigenvalue weighted by molar-refractivity contribution is 0.118. The zero-order chi connectivity index (χ0) is 16.8. The molecule has 0 aliphatic heterocycles. The molecule has 2 unspecified atom stereocenters. The van der Waals surface area contributed by atoms with Crippen molar-refractivity contribution in [3.63, 3.8) is 0 Å². The van der Waals surface area contributed by atoms with Gasteiger partial charge < -0.3 is 29.0 Å². The first kappa shape index (κ1) is 25.2. The summed E-state index contributed by atoms with van der Waals surface area (Å²) in [5, 5.41) is 0. The first-order valence-corrected chi connectivity index (χ1v) is 12.1. The molecule has 2 aliphatic carbocycles. The Bertz CT molecular complexity index is 407. The third-order valence-electron chi connectivity index (χ3n) is 4.63. The van der Waals surface area contributed by atoms with Crippen LogP contribution >= 0.6 is 15.2 Å². The maximum absolute atomic E-state index is 12.9. The molecule has 0 bridgehead atoms. The Morgan fingerprint density at radius 1 is 0.680 bits per heavy atom. The second kappa shape index (κ2) is 11.8. The normalized spacial score (nSPS) is 24.4. The molecule has 2 atom stereocenters. The highest BCUT2D eigenvalue weighted by atomic mass is 31.2. The van der Waals surface area contributed by atoms with Gasteiger partial charge in [-0.15, -0.1) is 0 Å². The second-order valence-corrected chi connectivity index (χ2v) is 11.2. The van der Waals surface area contributed by atoms with Gasteiger partial charge in [-0.25, -0.2) is 0 Å². The molecule has 2 fully saturated rings. The van der Waals surface area contributed by atoms with Gasteiger partial charge in [-0.2, -0.15) is 0 Å². The van der Waals surface area contributed by atoms with Gasteiger partial charge in [0.25, 0.3) is 0 Å². The fourth-order valence-corrected chi connectivity index (χ4v) is 7.93. The Kier molecular flexibility index (Phi) is 11.9. The SMILES string of the molecule is COP(=O)(CP(=O)(OC)OC1CCCCC1)OC1CCCCC1.O.O. The van der Waals surface area contributed by atoms with E-state index in [2.05, 4.69) is 0 Å². The molecule has 0 amide bonds. The van der Waals surface area contributed by atoms with Crippen LogP contribution in [0.25, 0.3) is 0 Å². The summed E-state index contributed by atoms with van der Waals surface area (Å²) in [6.45, 7) is 0. The van der Waals surface area contributed by atoms with Gasteiger partial charge >= 0.3 is 15.2 Å². The fraction of sp³-hybridized carbons (Fsp3) is 1.00. The third kappa shape index (κ3) is 8.19. The van der Waals surface area contributed by atoms with Crippen molar-refractivity contribution in [2.45, 2.75) is 76.4 Å². The molecule has 152 valence electrons. The average molecular weight is 404 g/mol. The zero-order valence-electron chi connectivity index (χ0n) is 15.3. The van der Waals surface area contributed by atoms with Crippen LogP contribution in [0.15, 0.2) is 0 Å². The minimum Gasteiger partial charge on any atom is -0.412 e. The first-order chi connectivity index (χ1) is 11.0. The Labute approximate surface area is 150 Å². The van der Waals surface area contributed by atoms with Crippen LogP contribution in [0.5, 0.6) is 0 Å². The molecule has 0 heterocycles. The molecule has 0 saturated heterocycles. The average Bonchev–Trinajstić information content (AvgIpc) is 2.56. The Hall–Kier alpha value is 0.220. The van der Waals surface area contributed by atoms with Crippen molar-refractivity contribution >= 4 is 15.2 Å². The molecule has 0 aromatic carbocycles. The molecule has 25 heavy (non-hydrogen) atoms. The van der Waals surface area contributed by atoms with Crippen molar-refractivity contribution in [3.05, 3.63) is 0 Å². The highest BCUT2D eigenvalue weighted by molar-refractivity contribution is 7.71. The summed E-state index contributed by atoms with van der Waals surface area (Å²) >= 11 is 0. The fourth-order valence-electron chi connectivity index (χ4n) is 3.28. The van der Waals surface area contributed by atoms with E-state index in [0.29, 0.717) is 0 Å². The summed E-state index contributed by atoms with van der Waals surface area (Å²) in [5.74, 6) is -0.306. The van der Waals surface area contributed by atoms with Crippen LogP contribution < -0.4 is 0 Å². The molecular weight excluding hydrogens is 370 g/mol. The van der Waals surface area contributed by atoms with E-state index in [-0.39, 0.29) is 29.1 Å². The Balaban J connectivity index is 0.00000288. The molecule has 10 heteroatoms.